The van der Waals surface area contributed by atoms with Gasteiger partial charge >= 0.3 is 5.97 Å². The van der Waals surface area contributed by atoms with Crippen molar-refractivity contribution >= 4 is 29.2 Å². The van der Waals surface area contributed by atoms with Crippen LogP contribution in [0.2, 0.25) is 0 Å². The van der Waals surface area contributed by atoms with E-state index in [9.17, 15) is 14.4 Å². The third-order valence-electron chi connectivity index (χ3n) is 4.52. The number of ether oxygens (including phenoxy) is 1. The Bertz CT molecular complexity index is 1090. The van der Waals surface area contributed by atoms with E-state index < -0.39 is 5.97 Å². The van der Waals surface area contributed by atoms with Crippen LogP contribution >= 0.6 is 0 Å². The molecule has 158 valence electrons. The zero-order valence-electron chi connectivity index (χ0n) is 17.5. The van der Waals surface area contributed by atoms with Crippen LogP contribution in [0, 0.1) is 6.92 Å². The Labute approximate surface area is 181 Å². The number of hydrogen-bond acceptors (Lipinski definition) is 4. The second-order valence-electron chi connectivity index (χ2n) is 7.19. The van der Waals surface area contributed by atoms with Gasteiger partial charge in [0.1, 0.15) is 5.75 Å². The number of carbonyl (C=O) groups excluding carboxylic acids is 3. The molecule has 3 aromatic carbocycles. The minimum atomic E-state index is -0.455. The van der Waals surface area contributed by atoms with Gasteiger partial charge in [-0.2, -0.15) is 0 Å². The minimum Gasteiger partial charge on any atom is -0.427 e. The standard InChI is InChI=1S/C25H24N2O4/c1-17-9-11-19(12-10-17)13-14-24(29)26-21-6-4-7-22(16-21)27-25(30)20-5-3-8-23(15-20)31-18(2)28/h3-12,15-16H,13-14H2,1-2H3,(H,26,29)(H,27,30). The number of benzene rings is 3. The Morgan fingerprint density at radius 1 is 0.839 bits per heavy atom. The molecule has 0 aliphatic carbocycles. The van der Waals surface area contributed by atoms with Crippen LogP contribution in [-0.4, -0.2) is 17.8 Å². The molecule has 0 aliphatic rings. The Balaban J connectivity index is 1.58. The lowest BCUT2D eigenvalue weighted by molar-refractivity contribution is -0.131. The maximum absolute atomic E-state index is 12.5. The quantitative estimate of drug-likeness (QED) is 0.430. The van der Waals surface area contributed by atoms with Crippen LogP contribution in [0.4, 0.5) is 11.4 Å². The van der Waals surface area contributed by atoms with E-state index in [-0.39, 0.29) is 11.8 Å². The maximum atomic E-state index is 12.5. The topological polar surface area (TPSA) is 84.5 Å². The Morgan fingerprint density at radius 3 is 2.23 bits per heavy atom. The predicted octanol–water partition coefficient (Wildman–Crippen LogP) is 4.74. The van der Waals surface area contributed by atoms with Gasteiger partial charge in [-0.3, -0.25) is 14.4 Å². The fourth-order valence-corrected chi connectivity index (χ4v) is 2.98. The van der Waals surface area contributed by atoms with Gasteiger partial charge in [0.2, 0.25) is 5.91 Å². The van der Waals surface area contributed by atoms with E-state index >= 15 is 0 Å². The van der Waals surface area contributed by atoms with E-state index in [1.807, 2.05) is 31.2 Å². The number of carbonyl (C=O) groups is 3. The number of anilines is 2. The summed E-state index contributed by atoms with van der Waals surface area (Å²) in [6.07, 6.45) is 1.02. The van der Waals surface area contributed by atoms with E-state index in [1.54, 1.807) is 42.5 Å². The smallest absolute Gasteiger partial charge is 0.308 e. The Morgan fingerprint density at radius 2 is 1.52 bits per heavy atom. The van der Waals surface area contributed by atoms with Crippen molar-refractivity contribution in [1.82, 2.24) is 0 Å². The van der Waals surface area contributed by atoms with Crippen LogP contribution in [0.1, 0.15) is 34.8 Å². The van der Waals surface area contributed by atoms with Crippen LogP contribution in [-0.2, 0) is 16.0 Å². The van der Waals surface area contributed by atoms with E-state index in [2.05, 4.69) is 10.6 Å². The van der Waals surface area contributed by atoms with Crippen LogP contribution < -0.4 is 15.4 Å². The summed E-state index contributed by atoms with van der Waals surface area (Å²) in [7, 11) is 0. The lowest BCUT2D eigenvalue weighted by Crippen LogP contribution is -2.14. The molecule has 0 fully saturated rings. The molecule has 3 aromatic rings. The van der Waals surface area contributed by atoms with Gasteiger partial charge in [-0.25, -0.2) is 0 Å². The van der Waals surface area contributed by atoms with Crippen LogP contribution in [0.25, 0.3) is 0 Å². The van der Waals surface area contributed by atoms with E-state index in [1.165, 1.54) is 18.6 Å². The largest absolute Gasteiger partial charge is 0.427 e. The van der Waals surface area contributed by atoms with Gasteiger partial charge in [-0.1, -0.05) is 42.0 Å². The molecule has 2 amide bonds. The summed E-state index contributed by atoms with van der Waals surface area (Å²) in [4.78, 5) is 35.9. The molecular weight excluding hydrogens is 392 g/mol. The van der Waals surface area contributed by atoms with Gasteiger partial charge in [0.25, 0.3) is 5.91 Å². The second kappa shape index (κ2) is 10.2. The number of aryl methyl sites for hydroxylation is 2. The maximum Gasteiger partial charge on any atom is 0.308 e. The fourth-order valence-electron chi connectivity index (χ4n) is 2.98. The van der Waals surface area contributed by atoms with E-state index in [0.29, 0.717) is 35.5 Å². The predicted molar refractivity (Wildman–Crippen MR) is 120 cm³/mol. The zero-order valence-corrected chi connectivity index (χ0v) is 17.5. The lowest BCUT2D eigenvalue weighted by Gasteiger charge is -2.10. The van der Waals surface area contributed by atoms with Crippen LogP contribution in [0.5, 0.6) is 5.75 Å². The lowest BCUT2D eigenvalue weighted by atomic mass is 10.1. The van der Waals surface area contributed by atoms with E-state index in [0.717, 1.165) is 5.56 Å². The first-order chi connectivity index (χ1) is 14.9. The molecule has 0 spiro atoms. The summed E-state index contributed by atoms with van der Waals surface area (Å²) < 4.78 is 5.01. The zero-order chi connectivity index (χ0) is 22.2. The van der Waals surface area contributed by atoms with Crippen molar-refractivity contribution < 1.29 is 19.1 Å². The van der Waals surface area contributed by atoms with Crippen molar-refractivity contribution in [1.29, 1.82) is 0 Å². The summed E-state index contributed by atoms with van der Waals surface area (Å²) in [6.45, 7) is 3.33. The van der Waals surface area contributed by atoms with Gasteiger partial charge in [0, 0.05) is 30.3 Å². The van der Waals surface area contributed by atoms with Crippen molar-refractivity contribution in [3.8, 4) is 5.75 Å². The summed E-state index contributed by atoms with van der Waals surface area (Å²) in [5.41, 5.74) is 3.79. The Kier molecular flexibility index (Phi) is 7.17. The fraction of sp³-hybridized carbons (Fsp3) is 0.160. The first-order valence-electron chi connectivity index (χ1n) is 9.94. The highest BCUT2D eigenvalue weighted by Crippen LogP contribution is 2.19. The molecule has 2 N–H and O–H groups in total. The number of hydrogen-bond donors (Lipinski definition) is 2. The highest BCUT2D eigenvalue weighted by atomic mass is 16.5. The summed E-state index contributed by atoms with van der Waals surface area (Å²) in [6, 6.07) is 21.4. The number of nitrogens with one attached hydrogen (secondary N) is 2. The molecule has 0 saturated heterocycles. The molecule has 0 aromatic heterocycles. The number of rotatable bonds is 7. The molecule has 6 heteroatoms. The van der Waals surface area contributed by atoms with Gasteiger partial charge < -0.3 is 15.4 Å². The van der Waals surface area contributed by atoms with Crippen LogP contribution in [0.3, 0.4) is 0 Å². The highest BCUT2D eigenvalue weighted by molar-refractivity contribution is 6.05. The number of amides is 2. The molecule has 6 nitrogen and oxygen atoms in total. The van der Waals surface area contributed by atoms with Gasteiger partial charge in [0.15, 0.2) is 0 Å². The summed E-state index contributed by atoms with van der Waals surface area (Å²) >= 11 is 0. The SMILES string of the molecule is CC(=O)Oc1cccc(C(=O)Nc2cccc(NC(=O)CCc3ccc(C)cc3)c2)c1. The molecule has 3 rings (SSSR count). The van der Waals surface area contributed by atoms with Crippen LogP contribution in [0.15, 0.2) is 72.8 Å². The summed E-state index contributed by atoms with van der Waals surface area (Å²) in [5.74, 6) is -0.604. The van der Waals surface area contributed by atoms with Gasteiger partial charge in [-0.05, 0) is 55.3 Å². The highest BCUT2D eigenvalue weighted by Gasteiger charge is 2.10. The third kappa shape index (κ3) is 6.82. The van der Waals surface area contributed by atoms with Crippen molar-refractivity contribution in [3.05, 3.63) is 89.5 Å². The second-order valence-corrected chi connectivity index (χ2v) is 7.19. The van der Waals surface area contributed by atoms with Crippen molar-refractivity contribution in [3.63, 3.8) is 0 Å². The molecule has 0 atom stereocenters. The molecule has 0 radical (unpaired) electrons. The first-order valence-corrected chi connectivity index (χ1v) is 9.94. The number of esters is 1. The molecular formula is C25H24N2O4. The first kappa shape index (κ1) is 21.8. The molecule has 0 heterocycles. The Hall–Kier alpha value is -3.93. The molecule has 0 bridgehead atoms. The normalized spacial score (nSPS) is 10.3. The minimum absolute atomic E-state index is 0.0989. The van der Waals surface area contributed by atoms with Gasteiger partial charge in [0.05, 0.1) is 0 Å². The average Bonchev–Trinajstić information content (AvgIpc) is 2.73. The van der Waals surface area contributed by atoms with E-state index in [4.69, 9.17) is 4.74 Å². The monoisotopic (exact) mass is 416 g/mol. The van der Waals surface area contributed by atoms with Gasteiger partial charge in [-0.15, -0.1) is 0 Å². The van der Waals surface area contributed by atoms with Crippen molar-refractivity contribution in [2.24, 2.45) is 0 Å². The summed E-state index contributed by atoms with van der Waals surface area (Å²) in [5, 5.41) is 5.64. The molecule has 0 unspecified atom stereocenters. The molecule has 0 saturated carbocycles. The van der Waals surface area contributed by atoms with Crippen molar-refractivity contribution in [2.45, 2.75) is 26.7 Å². The molecule has 31 heavy (non-hydrogen) atoms. The molecule has 0 aliphatic heterocycles. The third-order valence-corrected chi connectivity index (χ3v) is 4.52. The van der Waals surface area contributed by atoms with Crippen molar-refractivity contribution in [2.75, 3.05) is 10.6 Å². The average molecular weight is 416 g/mol.